The maximum absolute atomic E-state index is 12.5. The largest absolute Gasteiger partial charge is 0.481 e. The van der Waals surface area contributed by atoms with Gasteiger partial charge in [-0.25, -0.2) is 0 Å². The number of benzene rings is 2. The van der Waals surface area contributed by atoms with E-state index in [1.807, 2.05) is 37.3 Å². The van der Waals surface area contributed by atoms with Crippen LogP contribution in [0.4, 0.5) is 0 Å². The lowest BCUT2D eigenvalue weighted by atomic mass is 10.2. The third kappa shape index (κ3) is 6.08. The van der Waals surface area contributed by atoms with E-state index >= 15 is 0 Å². The fourth-order valence-corrected chi connectivity index (χ4v) is 2.51. The number of rotatable bonds is 8. The topological polar surface area (TPSA) is 58.6 Å². The number of nitrogens with zero attached hydrogens (tertiary/aromatic N) is 1. The Morgan fingerprint density at radius 1 is 1.12 bits per heavy atom. The molecule has 1 atom stereocenters. The second kappa shape index (κ2) is 9.82. The summed E-state index contributed by atoms with van der Waals surface area (Å²) >= 11 is 5.84. The van der Waals surface area contributed by atoms with Crippen molar-refractivity contribution in [1.82, 2.24) is 10.2 Å². The van der Waals surface area contributed by atoms with E-state index in [2.05, 4.69) is 5.32 Å². The Labute approximate surface area is 158 Å². The van der Waals surface area contributed by atoms with Crippen LogP contribution in [0.1, 0.15) is 19.4 Å². The van der Waals surface area contributed by atoms with Gasteiger partial charge in [0.15, 0.2) is 6.10 Å². The van der Waals surface area contributed by atoms with Crippen molar-refractivity contribution < 1.29 is 14.3 Å². The van der Waals surface area contributed by atoms with Crippen molar-refractivity contribution in [1.29, 1.82) is 0 Å². The highest BCUT2D eigenvalue weighted by Gasteiger charge is 2.22. The van der Waals surface area contributed by atoms with Gasteiger partial charge in [0, 0.05) is 18.1 Å². The summed E-state index contributed by atoms with van der Waals surface area (Å²) in [6.45, 7) is 4.32. The Kier molecular flexibility index (Phi) is 7.48. The molecule has 26 heavy (non-hydrogen) atoms. The van der Waals surface area contributed by atoms with Crippen LogP contribution in [-0.2, 0) is 16.1 Å². The van der Waals surface area contributed by atoms with Crippen LogP contribution in [0.5, 0.6) is 5.75 Å². The van der Waals surface area contributed by atoms with Gasteiger partial charge in [-0.2, -0.15) is 0 Å². The molecule has 0 aliphatic heterocycles. The van der Waals surface area contributed by atoms with E-state index in [-0.39, 0.29) is 18.4 Å². The Hall–Kier alpha value is -2.53. The maximum Gasteiger partial charge on any atom is 0.263 e. The molecule has 0 aliphatic carbocycles. The average molecular weight is 375 g/mol. The molecule has 0 aromatic heterocycles. The number of halogens is 1. The van der Waals surface area contributed by atoms with Crippen molar-refractivity contribution in [3.8, 4) is 5.75 Å². The van der Waals surface area contributed by atoms with Crippen molar-refractivity contribution in [2.75, 3.05) is 13.1 Å². The van der Waals surface area contributed by atoms with Crippen LogP contribution in [0.15, 0.2) is 54.6 Å². The molecule has 0 bridgehead atoms. The van der Waals surface area contributed by atoms with Gasteiger partial charge in [-0.05, 0) is 43.7 Å². The highest BCUT2D eigenvalue weighted by molar-refractivity contribution is 6.30. The molecule has 0 fully saturated rings. The predicted octanol–water partition coefficient (Wildman–Crippen LogP) is 3.27. The molecule has 0 aliphatic rings. The third-order valence-corrected chi connectivity index (χ3v) is 4.09. The van der Waals surface area contributed by atoms with Gasteiger partial charge in [0.05, 0.1) is 6.54 Å². The zero-order valence-corrected chi connectivity index (χ0v) is 15.7. The molecular formula is C20H23ClN2O3. The number of amides is 2. The van der Waals surface area contributed by atoms with Crippen molar-refractivity contribution in [2.24, 2.45) is 0 Å². The fourth-order valence-electron chi connectivity index (χ4n) is 2.39. The molecule has 2 amide bonds. The van der Waals surface area contributed by atoms with Crippen LogP contribution in [0.25, 0.3) is 0 Å². The molecule has 1 unspecified atom stereocenters. The molecular weight excluding hydrogens is 352 g/mol. The van der Waals surface area contributed by atoms with Crippen LogP contribution in [0, 0.1) is 0 Å². The van der Waals surface area contributed by atoms with Crippen LogP contribution in [0.3, 0.4) is 0 Å². The lowest BCUT2D eigenvalue weighted by molar-refractivity contribution is -0.141. The van der Waals surface area contributed by atoms with E-state index in [1.165, 1.54) is 4.90 Å². The minimum Gasteiger partial charge on any atom is -0.481 e. The number of carbonyl (C=O) groups is 2. The molecule has 0 radical (unpaired) electrons. The van der Waals surface area contributed by atoms with Gasteiger partial charge in [-0.1, -0.05) is 41.9 Å². The summed E-state index contributed by atoms with van der Waals surface area (Å²) in [6.07, 6.45) is -0.665. The van der Waals surface area contributed by atoms with Crippen LogP contribution in [0.2, 0.25) is 5.02 Å². The van der Waals surface area contributed by atoms with Crippen LogP contribution in [-0.4, -0.2) is 35.9 Å². The van der Waals surface area contributed by atoms with Crippen LogP contribution < -0.4 is 10.1 Å². The molecule has 5 nitrogen and oxygen atoms in total. The first-order chi connectivity index (χ1) is 12.5. The van der Waals surface area contributed by atoms with E-state index in [0.29, 0.717) is 23.9 Å². The highest BCUT2D eigenvalue weighted by atomic mass is 35.5. The summed E-state index contributed by atoms with van der Waals surface area (Å²) < 4.78 is 5.65. The minimum atomic E-state index is -0.665. The Balaban J connectivity index is 1.85. The summed E-state index contributed by atoms with van der Waals surface area (Å²) in [6, 6.07) is 16.4. The first kappa shape index (κ1) is 19.8. The summed E-state index contributed by atoms with van der Waals surface area (Å²) in [5.41, 5.74) is 0.943. The van der Waals surface area contributed by atoms with Gasteiger partial charge in [0.1, 0.15) is 5.75 Å². The second-order valence-corrected chi connectivity index (χ2v) is 6.27. The van der Waals surface area contributed by atoms with Gasteiger partial charge >= 0.3 is 0 Å². The van der Waals surface area contributed by atoms with Crippen molar-refractivity contribution in [3.05, 3.63) is 65.2 Å². The first-order valence-electron chi connectivity index (χ1n) is 8.51. The smallest absolute Gasteiger partial charge is 0.263 e. The number of hydrogen-bond donors (Lipinski definition) is 1. The standard InChI is InChI=1S/C20H23ClN2O3/c1-3-23(20(25)15(2)26-18-7-5-4-6-8-18)14-19(24)22-13-16-9-11-17(21)12-10-16/h4-12,15H,3,13-14H2,1-2H3,(H,22,24). The minimum absolute atomic E-state index is 0.00852. The summed E-state index contributed by atoms with van der Waals surface area (Å²) in [4.78, 5) is 26.2. The lowest BCUT2D eigenvalue weighted by Gasteiger charge is -2.24. The summed E-state index contributed by atoms with van der Waals surface area (Å²) in [5.74, 6) is 0.177. The SMILES string of the molecule is CCN(CC(=O)NCc1ccc(Cl)cc1)C(=O)C(C)Oc1ccccc1. The number of carbonyl (C=O) groups excluding carboxylic acids is 2. The molecule has 138 valence electrons. The zero-order valence-electron chi connectivity index (χ0n) is 14.9. The quantitative estimate of drug-likeness (QED) is 0.771. The van der Waals surface area contributed by atoms with Gasteiger partial charge in [0.25, 0.3) is 5.91 Å². The van der Waals surface area contributed by atoms with Gasteiger partial charge in [0.2, 0.25) is 5.91 Å². The van der Waals surface area contributed by atoms with Crippen molar-refractivity contribution in [2.45, 2.75) is 26.5 Å². The number of nitrogens with one attached hydrogen (secondary N) is 1. The summed E-state index contributed by atoms with van der Waals surface area (Å²) in [7, 11) is 0. The molecule has 0 spiro atoms. The van der Waals surface area contributed by atoms with Gasteiger partial charge < -0.3 is 15.0 Å². The Morgan fingerprint density at radius 2 is 1.77 bits per heavy atom. The van der Waals surface area contributed by atoms with E-state index in [1.54, 1.807) is 31.2 Å². The number of ether oxygens (including phenoxy) is 1. The first-order valence-corrected chi connectivity index (χ1v) is 8.89. The Bertz CT molecular complexity index is 720. The molecule has 2 aromatic rings. The summed E-state index contributed by atoms with van der Waals surface area (Å²) in [5, 5.41) is 3.46. The van der Waals surface area contributed by atoms with E-state index in [4.69, 9.17) is 16.3 Å². The van der Waals surface area contributed by atoms with Crippen molar-refractivity contribution in [3.63, 3.8) is 0 Å². The van der Waals surface area contributed by atoms with Gasteiger partial charge in [-0.3, -0.25) is 9.59 Å². The normalized spacial score (nSPS) is 11.5. The van der Waals surface area contributed by atoms with Gasteiger partial charge in [-0.15, -0.1) is 0 Å². The molecule has 0 saturated carbocycles. The lowest BCUT2D eigenvalue weighted by Crippen LogP contribution is -2.45. The molecule has 1 N–H and O–H groups in total. The van der Waals surface area contributed by atoms with Crippen LogP contribution >= 0.6 is 11.6 Å². The third-order valence-electron chi connectivity index (χ3n) is 3.83. The van der Waals surface area contributed by atoms with E-state index in [9.17, 15) is 9.59 Å². The molecule has 0 saturated heterocycles. The van der Waals surface area contributed by atoms with E-state index < -0.39 is 6.10 Å². The average Bonchev–Trinajstić information content (AvgIpc) is 2.66. The second-order valence-electron chi connectivity index (χ2n) is 5.83. The number of hydrogen-bond acceptors (Lipinski definition) is 3. The highest BCUT2D eigenvalue weighted by Crippen LogP contribution is 2.12. The molecule has 2 rings (SSSR count). The molecule has 2 aromatic carbocycles. The molecule has 0 heterocycles. The van der Waals surface area contributed by atoms with Crippen molar-refractivity contribution >= 4 is 23.4 Å². The predicted molar refractivity (Wildman–Crippen MR) is 102 cm³/mol. The zero-order chi connectivity index (χ0) is 18.9. The Morgan fingerprint density at radius 3 is 2.38 bits per heavy atom. The number of likely N-dealkylation sites (N-methyl/N-ethyl adjacent to an activating group) is 1. The monoisotopic (exact) mass is 374 g/mol. The maximum atomic E-state index is 12.5. The fraction of sp³-hybridized carbons (Fsp3) is 0.300. The molecule has 6 heteroatoms. The number of para-hydroxylation sites is 1. The van der Waals surface area contributed by atoms with E-state index in [0.717, 1.165) is 5.56 Å².